The number of ether oxygens (including phenoxy) is 1. The van der Waals surface area contributed by atoms with E-state index in [-0.39, 0.29) is 11.9 Å². The zero-order valence-electron chi connectivity index (χ0n) is 11.8. The van der Waals surface area contributed by atoms with Crippen LogP contribution in [0.2, 0.25) is 0 Å². The van der Waals surface area contributed by atoms with Crippen molar-refractivity contribution in [1.29, 1.82) is 0 Å². The quantitative estimate of drug-likeness (QED) is 0.823. The summed E-state index contributed by atoms with van der Waals surface area (Å²) >= 11 is 0. The summed E-state index contributed by atoms with van der Waals surface area (Å²) in [7, 11) is 1.58. The topological polar surface area (TPSA) is 64.3 Å². The minimum absolute atomic E-state index is 0.112. The van der Waals surface area contributed by atoms with Gasteiger partial charge in [0.15, 0.2) is 0 Å². The highest BCUT2D eigenvalue weighted by molar-refractivity contribution is 5.99. The van der Waals surface area contributed by atoms with Crippen LogP contribution in [-0.4, -0.2) is 19.1 Å². The zero-order valence-corrected chi connectivity index (χ0v) is 11.8. The number of hydrogen-bond acceptors (Lipinski definition) is 3. The molecule has 4 nitrogen and oxygen atoms in total. The van der Waals surface area contributed by atoms with Gasteiger partial charge in [0.1, 0.15) is 5.75 Å². The molecule has 19 heavy (non-hydrogen) atoms. The molecule has 1 unspecified atom stereocenters. The van der Waals surface area contributed by atoms with Gasteiger partial charge in [-0.25, -0.2) is 0 Å². The molecule has 1 aromatic rings. The lowest BCUT2D eigenvalue weighted by atomic mass is 9.92. The molecule has 0 heterocycles. The summed E-state index contributed by atoms with van der Waals surface area (Å²) in [4.78, 5) is 12.3. The molecule has 3 N–H and O–H groups in total. The molecule has 1 saturated carbocycles. The van der Waals surface area contributed by atoms with Crippen molar-refractivity contribution in [2.75, 3.05) is 12.8 Å². The summed E-state index contributed by atoms with van der Waals surface area (Å²) in [6.45, 7) is 4.47. The van der Waals surface area contributed by atoms with E-state index in [2.05, 4.69) is 19.2 Å². The first-order valence-corrected chi connectivity index (χ1v) is 6.66. The van der Waals surface area contributed by atoms with Crippen molar-refractivity contribution in [3.8, 4) is 5.75 Å². The third-order valence-electron chi connectivity index (χ3n) is 3.81. The summed E-state index contributed by atoms with van der Waals surface area (Å²) < 4.78 is 5.13. The second kappa shape index (κ2) is 5.11. The Morgan fingerprint density at radius 2 is 2.21 bits per heavy atom. The first-order chi connectivity index (χ1) is 8.91. The third-order valence-corrected chi connectivity index (χ3v) is 3.81. The molecule has 4 heteroatoms. The van der Waals surface area contributed by atoms with Crippen LogP contribution >= 0.6 is 0 Å². The third kappa shape index (κ3) is 3.19. The molecule has 2 rings (SSSR count). The number of benzene rings is 1. The van der Waals surface area contributed by atoms with Crippen LogP contribution in [0.25, 0.3) is 0 Å². The Bertz CT molecular complexity index is 483. The number of nitrogens with one attached hydrogen (secondary N) is 1. The number of carbonyl (C=O) groups excluding carboxylic acids is 1. The first-order valence-electron chi connectivity index (χ1n) is 6.66. The lowest BCUT2D eigenvalue weighted by Crippen LogP contribution is -2.33. The molecule has 0 aromatic heterocycles. The molecule has 0 aliphatic heterocycles. The van der Waals surface area contributed by atoms with E-state index in [1.807, 2.05) is 0 Å². The summed E-state index contributed by atoms with van der Waals surface area (Å²) in [5.74, 6) is 0.533. The van der Waals surface area contributed by atoms with E-state index in [9.17, 15) is 4.79 Å². The van der Waals surface area contributed by atoms with Gasteiger partial charge in [-0.2, -0.15) is 0 Å². The number of nitrogens with two attached hydrogens (primary N) is 1. The fraction of sp³-hybridized carbons (Fsp3) is 0.533. The highest BCUT2D eigenvalue weighted by Gasteiger charge is 2.32. The van der Waals surface area contributed by atoms with E-state index >= 15 is 0 Å². The van der Waals surface area contributed by atoms with E-state index in [1.165, 1.54) is 0 Å². The van der Waals surface area contributed by atoms with E-state index < -0.39 is 0 Å². The van der Waals surface area contributed by atoms with Crippen LogP contribution in [0.1, 0.15) is 43.5 Å². The van der Waals surface area contributed by atoms with Crippen LogP contribution in [-0.2, 0) is 0 Å². The zero-order chi connectivity index (χ0) is 14.0. The SMILES string of the molecule is COc1ccc(N)c(C(=O)NC2CCC(C)(C)C2)c1. The van der Waals surface area contributed by atoms with Gasteiger partial charge in [-0.1, -0.05) is 13.8 Å². The van der Waals surface area contributed by atoms with Gasteiger partial charge < -0.3 is 15.8 Å². The van der Waals surface area contributed by atoms with E-state index in [1.54, 1.807) is 25.3 Å². The standard InChI is InChI=1S/C15H22N2O2/c1-15(2)7-6-10(9-15)17-14(18)12-8-11(19-3)4-5-13(12)16/h4-5,8,10H,6-7,9,16H2,1-3H3,(H,17,18). The van der Waals surface area contributed by atoms with Crippen LogP contribution in [0.4, 0.5) is 5.69 Å². The summed E-state index contributed by atoms with van der Waals surface area (Å²) in [5, 5.41) is 3.07. The van der Waals surface area contributed by atoms with Crippen LogP contribution in [0, 0.1) is 5.41 Å². The van der Waals surface area contributed by atoms with Gasteiger partial charge in [0, 0.05) is 11.7 Å². The minimum atomic E-state index is -0.112. The fourth-order valence-electron chi connectivity index (χ4n) is 2.68. The van der Waals surface area contributed by atoms with Crippen LogP contribution in [0.5, 0.6) is 5.75 Å². The number of methoxy groups -OCH3 is 1. The number of nitrogen functional groups attached to an aromatic ring is 1. The van der Waals surface area contributed by atoms with Gasteiger partial charge in [-0.15, -0.1) is 0 Å². The van der Waals surface area contributed by atoms with Crippen molar-refractivity contribution in [3.05, 3.63) is 23.8 Å². The maximum atomic E-state index is 12.3. The van der Waals surface area contributed by atoms with Gasteiger partial charge in [-0.05, 0) is 42.9 Å². The molecule has 0 bridgehead atoms. The second-order valence-corrected chi connectivity index (χ2v) is 6.03. The van der Waals surface area contributed by atoms with Crippen molar-refractivity contribution < 1.29 is 9.53 Å². The molecule has 1 atom stereocenters. The van der Waals surface area contributed by atoms with E-state index in [4.69, 9.17) is 10.5 Å². The van der Waals surface area contributed by atoms with Crippen molar-refractivity contribution in [3.63, 3.8) is 0 Å². The van der Waals surface area contributed by atoms with E-state index in [0.29, 0.717) is 22.4 Å². The first kappa shape index (κ1) is 13.7. The minimum Gasteiger partial charge on any atom is -0.497 e. The number of carbonyl (C=O) groups is 1. The number of anilines is 1. The molecular weight excluding hydrogens is 240 g/mol. The molecule has 1 amide bonds. The average Bonchev–Trinajstić information content (AvgIpc) is 2.69. The highest BCUT2D eigenvalue weighted by Crippen LogP contribution is 2.37. The molecule has 1 aliphatic rings. The number of rotatable bonds is 3. The highest BCUT2D eigenvalue weighted by atomic mass is 16.5. The normalized spacial score (nSPS) is 21.1. The molecule has 104 valence electrons. The number of amides is 1. The van der Waals surface area contributed by atoms with E-state index in [0.717, 1.165) is 19.3 Å². The average molecular weight is 262 g/mol. The smallest absolute Gasteiger partial charge is 0.253 e. The fourth-order valence-corrected chi connectivity index (χ4v) is 2.68. The van der Waals surface area contributed by atoms with Crippen molar-refractivity contribution in [2.24, 2.45) is 5.41 Å². The Kier molecular flexibility index (Phi) is 3.69. The molecule has 1 aliphatic carbocycles. The lowest BCUT2D eigenvalue weighted by Gasteiger charge is -2.18. The van der Waals surface area contributed by atoms with Crippen LogP contribution in [0.3, 0.4) is 0 Å². The Labute approximate surface area is 114 Å². The Balaban J connectivity index is 2.08. The van der Waals surface area contributed by atoms with Gasteiger partial charge in [0.05, 0.1) is 12.7 Å². The summed E-state index contributed by atoms with van der Waals surface area (Å²) in [6.07, 6.45) is 3.19. The maximum Gasteiger partial charge on any atom is 0.253 e. The molecule has 1 aromatic carbocycles. The molecule has 0 saturated heterocycles. The van der Waals surface area contributed by atoms with Crippen LogP contribution < -0.4 is 15.8 Å². The predicted molar refractivity (Wildman–Crippen MR) is 76.3 cm³/mol. The summed E-state index contributed by atoms with van der Waals surface area (Å²) in [5.41, 5.74) is 7.15. The molecule has 0 radical (unpaired) electrons. The predicted octanol–water partition coefficient (Wildman–Crippen LogP) is 2.59. The molecule has 0 spiro atoms. The largest absolute Gasteiger partial charge is 0.497 e. The molecular formula is C15H22N2O2. The van der Waals surface area contributed by atoms with Crippen molar-refractivity contribution in [1.82, 2.24) is 5.32 Å². The Morgan fingerprint density at radius 3 is 2.79 bits per heavy atom. The van der Waals surface area contributed by atoms with Gasteiger partial charge in [0.25, 0.3) is 5.91 Å². The van der Waals surface area contributed by atoms with Crippen molar-refractivity contribution in [2.45, 2.75) is 39.2 Å². The second-order valence-electron chi connectivity index (χ2n) is 6.03. The Morgan fingerprint density at radius 1 is 1.47 bits per heavy atom. The molecule has 1 fully saturated rings. The van der Waals surface area contributed by atoms with Crippen molar-refractivity contribution >= 4 is 11.6 Å². The number of hydrogen-bond donors (Lipinski definition) is 2. The van der Waals surface area contributed by atoms with Crippen LogP contribution in [0.15, 0.2) is 18.2 Å². The van der Waals surface area contributed by atoms with Gasteiger partial charge in [0.2, 0.25) is 0 Å². The lowest BCUT2D eigenvalue weighted by molar-refractivity contribution is 0.0936. The maximum absolute atomic E-state index is 12.3. The van der Waals surface area contributed by atoms with Gasteiger partial charge in [-0.3, -0.25) is 4.79 Å². The summed E-state index contributed by atoms with van der Waals surface area (Å²) in [6, 6.07) is 5.38. The monoisotopic (exact) mass is 262 g/mol. The van der Waals surface area contributed by atoms with Gasteiger partial charge >= 0.3 is 0 Å². The Hall–Kier alpha value is -1.71.